The van der Waals surface area contributed by atoms with Gasteiger partial charge in [-0.25, -0.2) is 9.78 Å². The molecule has 2 atom stereocenters. The van der Waals surface area contributed by atoms with E-state index in [1.807, 2.05) is 37.9 Å². The number of aromatic nitrogens is 1. The summed E-state index contributed by atoms with van der Waals surface area (Å²) in [5, 5.41) is 0. The number of amides is 1. The van der Waals surface area contributed by atoms with E-state index in [4.69, 9.17) is 9.72 Å². The molecule has 2 aliphatic rings. The Morgan fingerprint density at radius 1 is 1.14 bits per heavy atom. The fourth-order valence-electron chi connectivity index (χ4n) is 5.06. The van der Waals surface area contributed by atoms with Gasteiger partial charge in [0, 0.05) is 24.3 Å². The van der Waals surface area contributed by atoms with Gasteiger partial charge in [-0.3, -0.25) is 4.90 Å². The second-order valence-electron chi connectivity index (χ2n) is 9.43. The lowest BCUT2D eigenvalue weighted by molar-refractivity contribution is -0.137. The molecule has 3 heterocycles. The van der Waals surface area contributed by atoms with Crippen molar-refractivity contribution in [2.45, 2.75) is 71.4 Å². The van der Waals surface area contributed by atoms with Crippen LogP contribution in [0.3, 0.4) is 0 Å². The van der Waals surface area contributed by atoms with E-state index < -0.39 is 30.0 Å². The lowest BCUT2D eigenvalue weighted by Gasteiger charge is -2.36. The van der Waals surface area contributed by atoms with Crippen LogP contribution in [0.5, 0.6) is 0 Å². The molecule has 0 bridgehead atoms. The van der Waals surface area contributed by atoms with Gasteiger partial charge in [-0.2, -0.15) is 24.9 Å². The topological polar surface area (TPSA) is 45.7 Å². The SMILES string of the molecule is CCN(c1ncc(C)cc1CN1C(=O)O[C@H](c2cc(C)cc(C(F)(F)F)c2)[C@@H]1C)C1CCSCC1. The molecule has 9 heteroatoms. The zero-order chi connectivity index (χ0) is 25.3. The van der Waals surface area contributed by atoms with Crippen molar-refractivity contribution in [1.29, 1.82) is 0 Å². The normalized spacial score (nSPS) is 21.3. The molecule has 1 aromatic heterocycles. The maximum atomic E-state index is 13.4. The van der Waals surface area contributed by atoms with Crippen molar-refractivity contribution >= 4 is 23.7 Å². The number of carbonyl (C=O) groups is 1. The van der Waals surface area contributed by atoms with Gasteiger partial charge < -0.3 is 9.64 Å². The molecule has 190 valence electrons. The Morgan fingerprint density at radius 3 is 2.51 bits per heavy atom. The molecular formula is C26H32F3N3O2S. The molecule has 0 saturated carbocycles. The molecule has 5 nitrogen and oxygen atoms in total. The molecule has 4 rings (SSSR count). The summed E-state index contributed by atoms with van der Waals surface area (Å²) in [4.78, 5) is 21.6. The van der Waals surface area contributed by atoms with Gasteiger partial charge in [0.25, 0.3) is 0 Å². The zero-order valence-electron chi connectivity index (χ0n) is 20.6. The molecule has 0 radical (unpaired) electrons. The molecule has 2 aromatic rings. The van der Waals surface area contributed by atoms with Gasteiger partial charge in [-0.1, -0.05) is 11.6 Å². The minimum absolute atomic E-state index is 0.288. The van der Waals surface area contributed by atoms with Gasteiger partial charge in [0.05, 0.1) is 18.2 Å². The first-order valence-corrected chi connectivity index (χ1v) is 13.2. The van der Waals surface area contributed by atoms with Crippen molar-refractivity contribution in [3.8, 4) is 0 Å². The quantitative estimate of drug-likeness (QED) is 0.445. The third-order valence-corrected chi connectivity index (χ3v) is 7.86. The van der Waals surface area contributed by atoms with Crippen molar-refractivity contribution in [2.75, 3.05) is 23.0 Å². The average molecular weight is 508 g/mol. The fraction of sp³-hybridized carbons (Fsp3) is 0.538. The predicted octanol–water partition coefficient (Wildman–Crippen LogP) is 6.52. The van der Waals surface area contributed by atoms with Crippen LogP contribution < -0.4 is 4.90 Å². The van der Waals surface area contributed by atoms with Crippen molar-refractivity contribution in [3.05, 3.63) is 58.3 Å². The van der Waals surface area contributed by atoms with Crippen LogP contribution in [0.1, 0.15) is 60.6 Å². The van der Waals surface area contributed by atoms with Gasteiger partial charge in [0.1, 0.15) is 11.9 Å². The van der Waals surface area contributed by atoms with Crippen LogP contribution in [0.2, 0.25) is 0 Å². The van der Waals surface area contributed by atoms with E-state index in [-0.39, 0.29) is 6.54 Å². The first-order chi connectivity index (χ1) is 16.6. The van der Waals surface area contributed by atoms with E-state index in [0.29, 0.717) is 17.2 Å². The summed E-state index contributed by atoms with van der Waals surface area (Å²) in [6.45, 7) is 8.62. The number of thioether (sulfide) groups is 1. The predicted molar refractivity (Wildman–Crippen MR) is 133 cm³/mol. The van der Waals surface area contributed by atoms with E-state index >= 15 is 0 Å². The molecule has 0 spiro atoms. The van der Waals surface area contributed by atoms with Gasteiger partial charge in [0.2, 0.25) is 0 Å². The maximum Gasteiger partial charge on any atom is 0.416 e. The molecule has 2 fully saturated rings. The largest absolute Gasteiger partial charge is 0.439 e. The molecule has 35 heavy (non-hydrogen) atoms. The van der Waals surface area contributed by atoms with Gasteiger partial charge in [0.15, 0.2) is 0 Å². The van der Waals surface area contributed by atoms with Crippen LogP contribution in [0.4, 0.5) is 23.8 Å². The third kappa shape index (κ3) is 5.55. The van der Waals surface area contributed by atoms with Crippen molar-refractivity contribution in [2.24, 2.45) is 0 Å². The van der Waals surface area contributed by atoms with E-state index in [1.165, 1.54) is 0 Å². The summed E-state index contributed by atoms with van der Waals surface area (Å²) in [6, 6.07) is 5.87. The lowest BCUT2D eigenvalue weighted by atomic mass is 9.98. The third-order valence-electron chi connectivity index (χ3n) is 6.81. The van der Waals surface area contributed by atoms with Crippen LogP contribution >= 0.6 is 11.8 Å². The van der Waals surface area contributed by atoms with Crippen LogP contribution in [0, 0.1) is 13.8 Å². The van der Waals surface area contributed by atoms with E-state index in [0.717, 1.165) is 60.0 Å². The number of carbonyl (C=O) groups excluding carboxylic acids is 1. The Kier molecular flexibility index (Phi) is 7.54. The Labute approximate surface area is 209 Å². The van der Waals surface area contributed by atoms with E-state index in [9.17, 15) is 18.0 Å². The second kappa shape index (κ2) is 10.3. The van der Waals surface area contributed by atoms with Crippen LogP contribution in [0.15, 0.2) is 30.5 Å². The number of nitrogens with zero attached hydrogens (tertiary/aromatic N) is 3. The molecule has 0 aliphatic carbocycles. The molecular weight excluding hydrogens is 475 g/mol. The van der Waals surface area contributed by atoms with Crippen molar-refractivity contribution < 1.29 is 22.7 Å². The number of alkyl halides is 3. The Morgan fingerprint density at radius 2 is 1.86 bits per heavy atom. The van der Waals surface area contributed by atoms with Crippen molar-refractivity contribution in [3.63, 3.8) is 0 Å². The number of aryl methyl sites for hydroxylation is 2. The Bertz CT molecular complexity index is 1070. The number of rotatable bonds is 6. The van der Waals surface area contributed by atoms with Gasteiger partial charge in [-0.05, 0) is 81.4 Å². The summed E-state index contributed by atoms with van der Waals surface area (Å²) in [6.07, 6.45) is -1.74. The number of benzene rings is 1. The molecule has 1 amide bonds. The number of anilines is 1. The number of cyclic esters (lactones) is 1. The average Bonchev–Trinajstić information content (AvgIpc) is 3.09. The molecule has 0 unspecified atom stereocenters. The highest BCUT2D eigenvalue weighted by molar-refractivity contribution is 7.99. The first kappa shape index (κ1) is 25.7. The second-order valence-corrected chi connectivity index (χ2v) is 10.7. The molecule has 1 aromatic carbocycles. The smallest absolute Gasteiger partial charge is 0.416 e. The maximum absolute atomic E-state index is 13.4. The lowest BCUT2D eigenvalue weighted by Crippen LogP contribution is -2.40. The number of halogens is 3. The summed E-state index contributed by atoms with van der Waals surface area (Å²) in [5.74, 6) is 3.11. The fourth-order valence-corrected chi connectivity index (χ4v) is 6.14. The Hall–Kier alpha value is -2.42. The number of pyridine rings is 1. The molecule has 2 aliphatic heterocycles. The highest BCUT2D eigenvalue weighted by Gasteiger charge is 2.41. The number of ether oxygens (including phenoxy) is 1. The summed E-state index contributed by atoms with van der Waals surface area (Å²) in [5.41, 5.74) is 2.02. The first-order valence-electron chi connectivity index (χ1n) is 12.0. The van der Waals surface area contributed by atoms with Gasteiger partial charge in [-0.15, -0.1) is 0 Å². The number of hydrogen-bond acceptors (Lipinski definition) is 5. The molecule has 2 saturated heterocycles. The number of hydrogen-bond donors (Lipinski definition) is 0. The minimum atomic E-state index is -4.46. The monoisotopic (exact) mass is 507 g/mol. The van der Waals surface area contributed by atoms with Gasteiger partial charge >= 0.3 is 12.3 Å². The summed E-state index contributed by atoms with van der Waals surface area (Å²) < 4.78 is 45.8. The standard InChI is InChI=1S/C26H32F3N3O2S/c1-5-31(22-6-8-35-9-7-22)24-20(11-17(3)14-30-24)15-32-18(4)23(34-25(32)33)19-10-16(2)12-21(13-19)26(27,28)29/h10-14,18,22-23H,5-9,15H2,1-4H3/t18-,23-/m0/s1. The molecule has 0 N–H and O–H groups in total. The minimum Gasteiger partial charge on any atom is -0.439 e. The highest BCUT2D eigenvalue weighted by atomic mass is 32.2. The van der Waals surface area contributed by atoms with Crippen LogP contribution in [-0.4, -0.2) is 46.1 Å². The van der Waals surface area contributed by atoms with E-state index in [2.05, 4.69) is 11.8 Å². The Balaban J connectivity index is 1.61. The van der Waals surface area contributed by atoms with Crippen molar-refractivity contribution in [1.82, 2.24) is 9.88 Å². The zero-order valence-corrected chi connectivity index (χ0v) is 21.4. The van der Waals surface area contributed by atoms with Crippen LogP contribution in [-0.2, 0) is 17.5 Å². The summed E-state index contributed by atoms with van der Waals surface area (Å²) in [7, 11) is 0. The summed E-state index contributed by atoms with van der Waals surface area (Å²) >= 11 is 1.97. The van der Waals surface area contributed by atoms with Crippen LogP contribution in [0.25, 0.3) is 0 Å². The highest BCUT2D eigenvalue weighted by Crippen LogP contribution is 2.38. The van der Waals surface area contributed by atoms with E-state index in [1.54, 1.807) is 17.9 Å².